The van der Waals surface area contributed by atoms with Crippen LogP contribution in [0.5, 0.6) is 5.75 Å². The Labute approximate surface area is 186 Å². The Bertz CT molecular complexity index is 998. The van der Waals surface area contributed by atoms with Gasteiger partial charge in [-0.1, -0.05) is 66.7 Å². The first kappa shape index (κ1) is 22.1. The number of anilines is 1. The van der Waals surface area contributed by atoms with Gasteiger partial charge in [0.2, 0.25) is 5.44 Å². The van der Waals surface area contributed by atoms with E-state index < -0.39 is 15.6 Å². The molecular weight excluding hydrogens is 387 g/mol. The molecule has 1 N–H and O–H groups in total. The average molecular weight is 404 g/mol. The molecule has 0 bridgehead atoms. The minimum atomic E-state index is -4.86. The fourth-order valence-corrected chi connectivity index (χ4v) is 3.07. The van der Waals surface area contributed by atoms with Crippen LogP contribution in [0.2, 0.25) is 0 Å². The van der Waals surface area contributed by atoms with E-state index in [2.05, 4.69) is 10.5 Å². The molecule has 0 radical (unpaired) electrons. The zero-order chi connectivity index (χ0) is 19.1. The Morgan fingerprint density at radius 2 is 1.36 bits per heavy atom. The number of nitrogens with one attached hydrogen (secondary N) is 1. The van der Waals surface area contributed by atoms with Crippen molar-refractivity contribution < 1.29 is 47.3 Å². The van der Waals surface area contributed by atoms with E-state index in [9.17, 15) is 13.0 Å². The van der Waals surface area contributed by atoms with E-state index in [1.54, 1.807) is 72.8 Å². The molecule has 3 aromatic carbocycles. The first-order valence-electron chi connectivity index (χ1n) is 8.14. The molecule has 0 heterocycles. The third-order valence-electron chi connectivity index (χ3n) is 3.62. The molecule has 1 atom stereocenters. The van der Waals surface area contributed by atoms with Crippen LogP contribution in [0, 0.1) is 0 Å². The second-order valence-electron chi connectivity index (χ2n) is 5.60. The summed E-state index contributed by atoms with van der Waals surface area (Å²) in [6.45, 7) is 0. The van der Waals surface area contributed by atoms with Crippen LogP contribution in [-0.4, -0.2) is 24.1 Å². The fraction of sp³-hybridized carbons (Fsp3) is 0.0500. The van der Waals surface area contributed by atoms with Crippen molar-refractivity contribution in [1.29, 1.82) is 0 Å². The minimum Gasteiger partial charge on any atom is -0.745 e. The van der Waals surface area contributed by atoms with E-state index in [1.807, 2.05) is 18.2 Å². The van der Waals surface area contributed by atoms with Gasteiger partial charge in [0.15, 0.2) is 0 Å². The van der Waals surface area contributed by atoms with Crippen molar-refractivity contribution >= 4 is 21.5 Å². The molecule has 138 valence electrons. The molecule has 3 aromatic rings. The summed E-state index contributed by atoms with van der Waals surface area (Å²) in [6.07, 6.45) is 0. The smallest absolute Gasteiger partial charge is 0.745 e. The van der Waals surface area contributed by atoms with E-state index in [0.29, 0.717) is 11.3 Å². The predicted octanol–water partition coefficient (Wildman–Crippen LogP) is 0.457. The Balaban J connectivity index is 0.00000280. The van der Waals surface area contributed by atoms with Gasteiger partial charge in [-0.05, 0) is 24.3 Å². The molecular formula is C20H17N2NaO4S. The summed E-state index contributed by atoms with van der Waals surface area (Å²) in [5, 5.41) is 4.19. The quantitative estimate of drug-likeness (QED) is 0.267. The summed E-state index contributed by atoms with van der Waals surface area (Å²) >= 11 is 0. The number of nitrogens with zero attached hydrogens (tertiary/aromatic N) is 1. The van der Waals surface area contributed by atoms with E-state index in [1.165, 1.54) is 0 Å². The summed E-state index contributed by atoms with van der Waals surface area (Å²) in [4.78, 5) is 0. The maximum absolute atomic E-state index is 12.0. The Kier molecular flexibility index (Phi) is 8.22. The van der Waals surface area contributed by atoms with Crippen LogP contribution in [-0.2, 0) is 10.1 Å². The van der Waals surface area contributed by atoms with Gasteiger partial charge in [-0.25, -0.2) is 8.42 Å². The number of benzene rings is 3. The third kappa shape index (κ3) is 6.19. The summed E-state index contributed by atoms with van der Waals surface area (Å²) in [5.74, 6) is 0.255. The van der Waals surface area contributed by atoms with E-state index in [-0.39, 0.29) is 41.0 Å². The Morgan fingerprint density at radius 3 is 1.89 bits per heavy atom. The molecule has 28 heavy (non-hydrogen) atoms. The van der Waals surface area contributed by atoms with E-state index >= 15 is 0 Å². The van der Waals surface area contributed by atoms with Gasteiger partial charge in [-0.2, -0.15) is 5.10 Å². The van der Waals surface area contributed by atoms with Gasteiger partial charge in [0.05, 0.1) is 5.69 Å². The van der Waals surface area contributed by atoms with Crippen LogP contribution in [0.1, 0.15) is 5.56 Å². The van der Waals surface area contributed by atoms with Crippen LogP contribution in [0.15, 0.2) is 96.1 Å². The number of rotatable bonds is 7. The van der Waals surface area contributed by atoms with Crippen molar-refractivity contribution in [2.75, 3.05) is 5.43 Å². The summed E-state index contributed by atoms with van der Waals surface area (Å²) < 4.78 is 41.4. The molecule has 0 saturated carbocycles. The van der Waals surface area contributed by atoms with E-state index in [4.69, 9.17) is 4.74 Å². The summed E-state index contributed by atoms with van der Waals surface area (Å²) in [5.41, 5.74) is 2.06. The van der Waals surface area contributed by atoms with Crippen molar-refractivity contribution in [3.8, 4) is 5.75 Å². The normalized spacial score (nSPS) is 12.5. The fourth-order valence-electron chi connectivity index (χ4n) is 2.37. The van der Waals surface area contributed by atoms with Crippen molar-refractivity contribution in [3.05, 3.63) is 96.6 Å². The van der Waals surface area contributed by atoms with Gasteiger partial charge < -0.3 is 9.29 Å². The average Bonchev–Trinajstić information content (AvgIpc) is 2.69. The maximum Gasteiger partial charge on any atom is 1.00 e. The van der Waals surface area contributed by atoms with Crippen LogP contribution < -0.4 is 39.7 Å². The second kappa shape index (κ2) is 10.4. The molecule has 8 heteroatoms. The molecule has 1 unspecified atom stereocenters. The number of ether oxygens (including phenoxy) is 1. The Hall–Kier alpha value is -2.16. The largest absolute Gasteiger partial charge is 1.00 e. The minimum absolute atomic E-state index is 0. The SMILES string of the molecule is O=S(=O)([O-])C(Oc1ccccc1)/C(=N\Nc1ccccc1)c1ccccc1.[Na+]. The molecule has 0 saturated heterocycles. The van der Waals surface area contributed by atoms with Crippen molar-refractivity contribution in [2.24, 2.45) is 5.10 Å². The van der Waals surface area contributed by atoms with Crippen LogP contribution >= 0.6 is 0 Å². The molecule has 0 fully saturated rings. The third-order valence-corrected chi connectivity index (χ3v) is 4.46. The van der Waals surface area contributed by atoms with Gasteiger partial charge in [0.25, 0.3) is 0 Å². The molecule has 0 aromatic heterocycles. The van der Waals surface area contributed by atoms with Crippen LogP contribution in [0.3, 0.4) is 0 Å². The zero-order valence-electron chi connectivity index (χ0n) is 15.2. The van der Waals surface area contributed by atoms with Gasteiger partial charge in [-0.3, -0.25) is 5.43 Å². The first-order chi connectivity index (χ1) is 13.0. The standard InChI is InChI=1S/C20H18N2O4S.Na/c23-27(24,25)20(26-18-14-8-3-9-15-18)19(16-10-4-1-5-11-16)22-21-17-12-6-2-7-13-17;/h1-15,20-21H,(H,23,24,25);/q;+1/p-1/b22-19-;. The number of para-hydroxylation sites is 2. The molecule has 0 aliphatic heterocycles. The van der Waals surface area contributed by atoms with E-state index in [0.717, 1.165) is 0 Å². The van der Waals surface area contributed by atoms with Crippen molar-refractivity contribution in [2.45, 2.75) is 5.44 Å². The zero-order valence-corrected chi connectivity index (χ0v) is 18.0. The molecule has 3 rings (SSSR count). The number of hydrogen-bond acceptors (Lipinski definition) is 6. The summed E-state index contributed by atoms with van der Waals surface area (Å²) in [6, 6.07) is 25.8. The molecule has 0 aliphatic rings. The number of hydrazone groups is 1. The van der Waals surface area contributed by atoms with Gasteiger partial charge >= 0.3 is 29.6 Å². The molecule has 6 nitrogen and oxygen atoms in total. The molecule has 0 amide bonds. The predicted molar refractivity (Wildman–Crippen MR) is 104 cm³/mol. The van der Waals surface area contributed by atoms with Crippen LogP contribution in [0.25, 0.3) is 0 Å². The molecule has 0 spiro atoms. The van der Waals surface area contributed by atoms with Gasteiger partial charge in [-0.15, -0.1) is 0 Å². The summed E-state index contributed by atoms with van der Waals surface area (Å²) in [7, 11) is -4.86. The van der Waals surface area contributed by atoms with Gasteiger partial charge in [0, 0.05) is 5.56 Å². The van der Waals surface area contributed by atoms with Gasteiger partial charge in [0.1, 0.15) is 21.6 Å². The number of hydrogen-bond donors (Lipinski definition) is 1. The topological polar surface area (TPSA) is 90.8 Å². The Morgan fingerprint density at radius 1 is 0.857 bits per heavy atom. The monoisotopic (exact) mass is 404 g/mol. The molecule has 0 aliphatic carbocycles. The maximum atomic E-state index is 12.0. The van der Waals surface area contributed by atoms with Crippen molar-refractivity contribution in [3.63, 3.8) is 0 Å². The van der Waals surface area contributed by atoms with Crippen LogP contribution in [0.4, 0.5) is 5.69 Å². The van der Waals surface area contributed by atoms with Crippen molar-refractivity contribution in [1.82, 2.24) is 0 Å². The second-order valence-corrected chi connectivity index (χ2v) is 7.01. The first-order valence-corrected chi connectivity index (χ1v) is 9.61.